The zero-order chi connectivity index (χ0) is 18.6. The van der Waals surface area contributed by atoms with Crippen molar-refractivity contribution >= 4 is 39.4 Å². The molecule has 4 nitrogen and oxygen atoms in total. The van der Waals surface area contributed by atoms with Crippen LogP contribution in [0.25, 0.3) is 6.08 Å². The normalized spacial score (nSPS) is 15.1. The monoisotopic (exact) mass is 417 g/mol. The van der Waals surface area contributed by atoms with Crippen molar-refractivity contribution in [2.75, 3.05) is 5.43 Å². The number of carbonyl (C=O) groups is 1. The first kappa shape index (κ1) is 17.2. The molecule has 0 unspecified atom stereocenters. The highest BCUT2D eigenvalue weighted by Gasteiger charge is 2.31. The number of anilines is 1. The predicted octanol–water partition coefficient (Wildman–Crippen LogP) is 5.11. The molecule has 0 radical (unpaired) electrons. The van der Waals surface area contributed by atoms with Crippen molar-refractivity contribution in [1.82, 2.24) is 5.01 Å². The lowest BCUT2D eigenvalue weighted by Gasteiger charge is -2.20. The lowest BCUT2D eigenvalue weighted by atomic mass is 10.2. The third-order valence-corrected chi connectivity index (χ3v) is 4.61. The van der Waals surface area contributed by atoms with Gasteiger partial charge in [-0.05, 0) is 35.9 Å². The van der Waals surface area contributed by atoms with E-state index in [0.29, 0.717) is 11.5 Å². The Morgan fingerprint density at radius 1 is 0.852 bits per heavy atom. The summed E-state index contributed by atoms with van der Waals surface area (Å²) >= 11 is 3.42. The minimum Gasteiger partial charge on any atom is -0.290 e. The highest BCUT2D eigenvalue weighted by molar-refractivity contribution is 9.10. The predicted molar refractivity (Wildman–Crippen MR) is 112 cm³/mol. The number of hydrogen-bond donors (Lipinski definition) is 1. The van der Waals surface area contributed by atoms with Crippen LogP contribution in [-0.2, 0) is 4.79 Å². The van der Waals surface area contributed by atoms with E-state index in [2.05, 4.69) is 26.3 Å². The van der Waals surface area contributed by atoms with E-state index in [1.54, 1.807) is 6.08 Å². The smallest absolute Gasteiger partial charge is 0.290 e. The van der Waals surface area contributed by atoms with Gasteiger partial charge >= 0.3 is 0 Å². The average molecular weight is 418 g/mol. The molecule has 5 heteroatoms. The van der Waals surface area contributed by atoms with Gasteiger partial charge < -0.3 is 0 Å². The number of hydrazine groups is 1. The molecular formula is C22H16BrN3O. The Balaban J connectivity index is 1.72. The maximum Gasteiger partial charge on any atom is 0.297 e. The Labute approximate surface area is 166 Å². The van der Waals surface area contributed by atoms with Gasteiger partial charge in [0.15, 0.2) is 5.84 Å². The molecule has 3 aromatic carbocycles. The zero-order valence-electron chi connectivity index (χ0n) is 14.3. The van der Waals surface area contributed by atoms with Gasteiger partial charge in [0.05, 0.1) is 5.69 Å². The van der Waals surface area contributed by atoms with Crippen LogP contribution < -0.4 is 5.43 Å². The third kappa shape index (κ3) is 3.83. The van der Waals surface area contributed by atoms with Gasteiger partial charge in [-0.25, -0.2) is 4.99 Å². The van der Waals surface area contributed by atoms with Crippen molar-refractivity contribution in [3.63, 3.8) is 0 Å². The van der Waals surface area contributed by atoms with Gasteiger partial charge in [-0.3, -0.25) is 10.2 Å². The minimum atomic E-state index is -0.194. The summed E-state index contributed by atoms with van der Waals surface area (Å²) in [6.45, 7) is 0. The second-order valence-electron chi connectivity index (χ2n) is 6.00. The molecule has 27 heavy (non-hydrogen) atoms. The van der Waals surface area contributed by atoms with E-state index >= 15 is 0 Å². The zero-order valence-corrected chi connectivity index (χ0v) is 15.9. The van der Waals surface area contributed by atoms with Crippen LogP contribution in [0, 0.1) is 0 Å². The van der Waals surface area contributed by atoms with Gasteiger partial charge in [-0.1, -0.05) is 76.6 Å². The molecule has 0 aliphatic carbocycles. The fourth-order valence-corrected chi connectivity index (χ4v) is 3.02. The Hall–Kier alpha value is -3.18. The van der Waals surface area contributed by atoms with Crippen LogP contribution >= 0.6 is 15.9 Å². The van der Waals surface area contributed by atoms with E-state index < -0.39 is 0 Å². The number of amides is 1. The standard InChI is InChI=1S/C22H16BrN3O/c23-18-13-11-16(12-14-18)15-20-22(27)26(25-19-9-5-2-6-10-19)21(24-20)17-7-3-1-4-8-17/h1-15,25H/b20-15+. The molecule has 0 atom stereocenters. The summed E-state index contributed by atoms with van der Waals surface area (Å²) in [5, 5.41) is 1.50. The number of amidine groups is 1. The van der Waals surface area contributed by atoms with Crippen molar-refractivity contribution < 1.29 is 4.79 Å². The number of nitrogens with zero attached hydrogens (tertiary/aromatic N) is 2. The van der Waals surface area contributed by atoms with Crippen molar-refractivity contribution in [1.29, 1.82) is 0 Å². The number of nitrogens with one attached hydrogen (secondary N) is 1. The molecule has 0 saturated heterocycles. The summed E-state index contributed by atoms with van der Waals surface area (Å²) in [5.74, 6) is 0.383. The number of hydrogen-bond acceptors (Lipinski definition) is 3. The number of halogens is 1. The van der Waals surface area contributed by atoms with Gasteiger partial charge in [-0.15, -0.1) is 0 Å². The van der Waals surface area contributed by atoms with Crippen molar-refractivity contribution in [3.05, 3.63) is 106 Å². The minimum absolute atomic E-state index is 0.194. The third-order valence-electron chi connectivity index (χ3n) is 4.08. The van der Waals surface area contributed by atoms with Gasteiger partial charge in [0.25, 0.3) is 5.91 Å². The van der Waals surface area contributed by atoms with Crippen molar-refractivity contribution in [2.45, 2.75) is 0 Å². The highest BCUT2D eigenvalue weighted by Crippen LogP contribution is 2.23. The van der Waals surface area contributed by atoms with E-state index in [9.17, 15) is 4.79 Å². The maximum absolute atomic E-state index is 13.0. The van der Waals surface area contributed by atoms with E-state index in [1.165, 1.54) is 5.01 Å². The molecule has 0 saturated carbocycles. The number of para-hydroxylation sites is 1. The second kappa shape index (κ2) is 7.60. The van der Waals surface area contributed by atoms with E-state index in [0.717, 1.165) is 21.3 Å². The van der Waals surface area contributed by atoms with E-state index in [-0.39, 0.29) is 5.91 Å². The van der Waals surface area contributed by atoms with Crippen LogP contribution in [-0.4, -0.2) is 16.8 Å². The summed E-state index contributed by atoms with van der Waals surface area (Å²) in [4.78, 5) is 17.7. The molecule has 0 aromatic heterocycles. The van der Waals surface area contributed by atoms with Crippen LogP contribution in [0.2, 0.25) is 0 Å². The largest absolute Gasteiger partial charge is 0.297 e. The fraction of sp³-hybridized carbons (Fsp3) is 0. The van der Waals surface area contributed by atoms with Crippen molar-refractivity contribution in [2.24, 2.45) is 4.99 Å². The molecule has 0 bridgehead atoms. The first-order valence-electron chi connectivity index (χ1n) is 8.48. The average Bonchev–Trinajstić information content (AvgIpc) is 3.01. The number of benzene rings is 3. The Morgan fingerprint density at radius 3 is 2.15 bits per heavy atom. The maximum atomic E-state index is 13.0. The molecule has 0 spiro atoms. The van der Waals surface area contributed by atoms with E-state index in [4.69, 9.17) is 0 Å². The van der Waals surface area contributed by atoms with Crippen LogP contribution in [0.15, 0.2) is 100 Å². The molecule has 3 aromatic rings. The molecular weight excluding hydrogens is 402 g/mol. The molecule has 1 aliphatic rings. The molecule has 1 amide bonds. The molecule has 1 N–H and O–H groups in total. The molecule has 132 valence electrons. The quantitative estimate of drug-likeness (QED) is 0.599. The molecule has 1 aliphatic heterocycles. The summed E-state index contributed by atoms with van der Waals surface area (Å²) in [7, 11) is 0. The van der Waals surface area contributed by atoms with Crippen LogP contribution in [0.1, 0.15) is 11.1 Å². The number of rotatable bonds is 4. The SMILES string of the molecule is O=C1/C(=C\c2ccc(Br)cc2)N=C(c2ccccc2)N1Nc1ccccc1. The highest BCUT2D eigenvalue weighted by atomic mass is 79.9. The lowest BCUT2D eigenvalue weighted by Crippen LogP contribution is -2.37. The fourth-order valence-electron chi connectivity index (χ4n) is 2.76. The first-order valence-corrected chi connectivity index (χ1v) is 9.27. The lowest BCUT2D eigenvalue weighted by molar-refractivity contribution is -0.121. The summed E-state index contributed by atoms with van der Waals surface area (Å²) in [6, 6.07) is 27.0. The van der Waals surface area contributed by atoms with Crippen LogP contribution in [0.4, 0.5) is 5.69 Å². The van der Waals surface area contributed by atoms with Crippen LogP contribution in [0.5, 0.6) is 0 Å². The number of carbonyl (C=O) groups excluding carboxylic acids is 1. The van der Waals surface area contributed by atoms with Crippen molar-refractivity contribution in [3.8, 4) is 0 Å². The van der Waals surface area contributed by atoms with Crippen LogP contribution in [0.3, 0.4) is 0 Å². The second-order valence-corrected chi connectivity index (χ2v) is 6.92. The van der Waals surface area contributed by atoms with Gasteiger partial charge in [-0.2, -0.15) is 5.01 Å². The summed E-state index contributed by atoms with van der Waals surface area (Å²) in [5.41, 5.74) is 6.16. The van der Waals surface area contributed by atoms with Gasteiger partial charge in [0.1, 0.15) is 5.70 Å². The Kier molecular flexibility index (Phi) is 4.85. The number of aliphatic imine (C=N–C) groups is 1. The Morgan fingerprint density at radius 2 is 1.48 bits per heavy atom. The topological polar surface area (TPSA) is 44.7 Å². The summed E-state index contributed by atoms with van der Waals surface area (Å²) in [6.07, 6.45) is 1.80. The molecule has 4 rings (SSSR count). The van der Waals surface area contributed by atoms with Gasteiger partial charge in [0, 0.05) is 10.0 Å². The molecule has 1 heterocycles. The Bertz CT molecular complexity index is 1010. The van der Waals surface area contributed by atoms with Gasteiger partial charge in [0.2, 0.25) is 0 Å². The molecule has 0 fully saturated rings. The first-order chi connectivity index (χ1) is 13.2. The summed E-state index contributed by atoms with van der Waals surface area (Å²) < 4.78 is 0.989. The van der Waals surface area contributed by atoms with E-state index in [1.807, 2.05) is 84.9 Å².